The van der Waals surface area contributed by atoms with Crippen molar-refractivity contribution in [3.63, 3.8) is 0 Å². The number of rotatable bonds is 6. The molecule has 8 heteroatoms. The highest BCUT2D eigenvalue weighted by molar-refractivity contribution is 5.92. The Morgan fingerprint density at radius 2 is 1.82 bits per heavy atom. The van der Waals surface area contributed by atoms with Crippen molar-refractivity contribution in [1.82, 2.24) is 9.97 Å². The molecule has 1 heterocycles. The Morgan fingerprint density at radius 1 is 1.09 bits per heavy atom. The zero-order valence-electron chi connectivity index (χ0n) is 17.2. The van der Waals surface area contributed by atoms with Crippen molar-refractivity contribution in [3.05, 3.63) is 100 Å². The highest BCUT2D eigenvalue weighted by atomic mass is 19.1. The predicted octanol–water partition coefficient (Wildman–Crippen LogP) is 4.14. The first-order valence-electron chi connectivity index (χ1n) is 9.91. The van der Waals surface area contributed by atoms with Crippen molar-refractivity contribution >= 4 is 34.1 Å². The summed E-state index contributed by atoms with van der Waals surface area (Å²) in [5.41, 5.74) is 1.53. The van der Waals surface area contributed by atoms with Crippen molar-refractivity contribution in [2.45, 2.75) is 0 Å². The lowest BCUT2D eigenvalue weighted by molar-refractivity contribution is -0.118. The summed E-state index contributed by atoms with van der Waals surface area (Å²) < 4.78 is 18.4. The Balaban J connectivity index is 1.44. The Labute approximate surface area is 187 Å². The molecule has 0 fully saturated rings. The van der Waals surface area contributed by atoms with Crippen LogP contribution in [0.3, 0.4) is 0 Å². The van der Waals surface area contributed by atoms with Crippen molar-refractivity contribution in [2.75, 3.05) is 11.9 Å². The van der Waals surface area contributed by atoms with Crippen LogP contribution in [0.1, 0.15) is 11.4 Å². The van der Waals surface area contributed by atoms with Crippen LogP contribution in [0, 0.1) is 17.1 Å². The molecule has 4 rings (SSSR count). The van der Waals surface area contributed by atoms with E-state index < -0.39 is 0 Å². The first kappa shape index (κ1) is 21.5. The monoisotopic (exact) mass is 440 g/mol. The molecule has 33 heavy (non-hydrogen) atoms. The minimum absolute atomic E-state index is 0.180. The second-order valence-corrected chi connectivity index (χ2v) is 7.01. The summed E-state index contributed by atoms with van der Waals surface area (Å²) in [6.07, 6.45) is 1.60. The van der Waals surface area contributed by atoms with E-state index in [9.17, 15) is 19.2 Å². The van der Waals surface area contributed by atoms with Gasteiger partial charge in [0.25, 0.3) is 11.5 Å². The summed E-state index contributed by atoms with van der Waals surface area (Å²) in [5.74, 6) is -0.138. The summed E-state index contributed by atoms with van der Waals surface area (Å²) in [5, 5.41) is 12.6. The molecule has 0 radical (unpaired) electrons. The number of aromatic amines is 1. The number of H-pyrrole nitrogens is 1. The molecule has 2 N–H and O–H groups in total. The molecule has 0 saturated heterocycles. The van der Waals surface area contributed by atoms with E-state index >= 15 is 0 Å². The van der Waals surface area contributed by atoms with Crippen LogP contribution < -0.4 is 15.6 Å². The molecular weight excluding hydrogens is 423 g/mol. The van der Waals surface area contributed by atoms with Gasteiger partial charge in [-0.1, -0.05) is 24.3 Å². The number of nitriles is 1. The van der Waals surface area contributed by atoms with Crippen molar-refractivity contribution in [3.8, 4) is 11.8 Å². The Bertz CT molecular complexity index is 1440. The maximum atomic E-state index is 12.9. The van der Waals surface area contributed by atoms with Gasteiger partial charge in [-0.3, -0.25) is 9.59 Å². The van der Waals surface area contributed by atoms with Crippen LogP contribution >= 0.6 is 0 Å². The topological polar surface area (TPSA) is 108 Å². The minimum atomic E-state index is -0.388. The van der Waals surface area contributed by atoms with Gasteiger partial charge in [0.1, 0.15) is 17.6 Å². The van der Waals surface area contributed by atoms with E-state index in [1.165, 1.54) is 24.3 Å². The van der Waals surface area contributed by atoms with E-state index in [2.05, 4.69) is 21.4 Å². The number of hydrogen-bond acceptors (Lipinski definition) is 5. The minimum Gasteiger partial charge on any atom is -0.484 e. The smallest absolute Gasteiger partial charge is 0.262 e. The average Bonchev–Trinajstić information content (AvgIpc) is 2.83. The normalized spacial score (nSPS) is 11.1. The van der Waals surface area contributed by atoms with Gasteiger partial charge in [0.05, 0.1) is 16.5 Å². The summed E-state index contributed by atoms with van der Waals surface area (Å²) >= 11 is 0. The number of benzene rings is 3. The van der Waals surface area contributed by atoms with Gasteiger partial charge in [0.15, 0.2) is 12.4 Å². The van der Waals surface area contributed by atoms with Crippen LogP contribution in [-0.4, -0.2) is 22.5 Å². The molecule has 0 atom stereocenters. The quantitative estimate of drug-likeness (QED) is 0.438. The molecule has 0 saturated carbocycles. The lowest BCUT2D eigenvalue weighted by Gasteiger charge is -2.08. The third kappa shape index (κ3) is 5.29. The largest absolute Gasteiger partial charge is 0.484 e. The Morgan fingerprint density at radius 3 is 2.55 bits per heavy atom. The molecule has 0 aliphatic rings. The maximum absolute atomic E-state index is 12.9. The number of amides is 1. The van der Waals surface area contributed by atoms with E-state index in [1.807, 2.05) is 0 Å². The van der Waals surface area contributed by atoms with E-state index in [-0.39, 0.29) is 35.3 Å². The molecule has 4 aromatic rings. The molecule has 7 nitrogen and oxygen atoms in total. The zero-order chi connectivity index (χ0) is 23.2. The molecule has 1 amide bonds. The third-order valence-electron chi connectivity index (χ3n) is 4.68. The number of anilines is 1. The summed E-state index contributed by atoms with van der Waals surface area (Å²) in [7, 11) is 0. The lowest BCUT2D eigenvalue weighted by atomic mass is 10.1. The van der Waals surface area contributed by atoms with Crippen molar-refractivity contribution < 1.29 is 13.9 Å². The highest BCUT2D eigenvalue weighted by Gasteiger charge is 2.09. The van der Waals surface area contributed by atoms with Gasteiger partial charge in [-0.25, -0.2) is 9.37 Å². The molecule has 0 aliphatic heterocycles. The maximum Gasteiger partial charge on any atom is 0.262 e. The molecule has 3 aromatic carbocycles. The fourth-order valence-corrected chi connectivity index (χ4v) is 3.07. The number of fused-ring (bicyclic) bond motifs is 1. The van der Waals surface area contributed by atoms with Gasteiger partial charge >= 0.3 is 0 Å². The molecule has 162 valence electrons. The van der Waals surface area contributed by atoms with Gasteiger partial charge in [0.2, 0.25) is 0 Å². The van der Waals surface area contributed by atoms with Gasteiger partial charge in [-0.2, -0.15) is 5.26 Å². The summed E-state index contributed by atoms with van der Waals surface area (Å²) in [6, 6.07) is 21.1. The van der Waals surface area contributed by atoms with Gasteiger partial charge < -0.3 is 15.0 Å². The number of para-hydroxylation sites is 1. The average molecular weight is 440 g/mol. The van der Waals surface area contributed by atoms with Crippen LogP contribution in [0.2, 0.25) is 0 Å². The molecule has 0 spiro atoms. The van der Waals surface area contributed by atoms with E-state index in [1.54, 1.807) is 54.6 Å². The standard InChI is InChI=1S/C25H17FN4O3/c26-18-7-9-19(10-8-18)28-23(31)15-33-20-11-5-16(6-12-20)13-17(14-27)24-29-22-4-2-1-3-21(22)25(32)30-24/h1-13H,15H2,(H,28,31)(H,29,30,32)/b17-13+. The van der Waals surface area contributed by atoms with Crippen LogP contribution in [-0.2, 0) is 4.79 Å². The first-order chi connectivity index (χ1) is 16.0. The van der Waals surface area contributed by atoms with Crippen LogP contribution in [0.25, 0.3) is 22.6 Å². The van der Waals surface area contributed by atoms with Crippen LogP contribution in [0.4, 0.5) is 10.1 Å². The molecule has 1 aromatic heterocycles. The number of nitrogens with zero attached hydrogens (tertiary/aromatic N) is 2. The van der Waals surface area contributed by atoms with Gasteiger partial charge in [0, 0.05) is 5.69 Å². The van der Waals surface area contributed by atoms with Gasteiger partial charge in [-0.05, 0) is 60.2 Å². The number of carbonyl (C=O) groups is 1. The molecular formula is C25H17FN4O3. The van der Waals surface area contributed by atoms with E-state index in [0.717, 1.165) is 0 Å². The summed E-state index contributed by atoms with van der Waals surface area (Å²) in [6.45, 7) is -0.224. The number of aromatic nitrogens is 2. The number of ether oxygens (including phenoxy) is 1. The molecule has 0 bridgehead atoms. The van der Waals surface area contributed by atoms with Crippen molar-refractivity contribution in [2.24, 2.45) is 0 Å². The zero-order valence-corrected chi connectivity index (χ0v) is 17.2. The van der Waals surface area contributed by atoms with Crippen molar-refractivity contribution in [1.29, 1.82) is 5.26 Å². The Kier molecular flexibility index (Phi) is 6.23. The fourth-order valence-electron chi connectivity index (χ4n) is 3.07. The number of allylic oxidation sites excluding steroid dienone is 1. The number of halogens is 1. The SMILES string of the molecule is N#C/C(=C\c1ccc(OCC(=O)Nc2ccc(F)cc2)cc1)c1nc2ccccc2c(=O)[nH]1. The first-order valence-corrected chi connectivity index (χ1v) is 9.91. The van der Waals surface area contributed by atoms with E-state index in [0.29, 0.717) is 27.9 Å². The van der Waals surface area contributed by atoms with E-state index in [4.69, 9.17) is 4.74 Å². The van der Waals surface area contributed by atoms with Crippen LogP contribution in [0.5, 0.6) is 5.75 Å². The van der Waals surface area contributed by atoms with Crippen LogP contribution in [0.15, 0.2) is 77.6 Å². The predicted molar refractivity (Wildman–Crippen MR) is 123 cm³/mol. The number of carbonyl (C=O) groups excluding carboxylic acids is 1. The third-order valence-corrected chi connectivity index (χ3v) is 4.68. The Hall–Kier alpha value is -4.77. The highest BCUT2D eigenvalue weighted by Crippen LogP contribution is 2.19. The van der Waals surface area contributed by atoms with Gasteiger partial charge in [-0.15, -0.1) is 0 Å². The molecule has 0 unspecified atom stereocenters. The number of nitrogens with one attached hydrogen (secondary N) is 2. The lowest BCUT2D eigenvalue weighted by Crippen LogP contribution is -2.20. The fraction of sp³-hybridized carbons (Fsp3) is 0.0400. The number of hydrogen-bond donors (Lipinski definition) is 2. The second kappa shape index (κ2) is 9.58. The summed E-state index contributed by atoms with van der Waals surface area (Å²) in [4.78, 5) is 31.3. The second-order valence-electron chi connectivity index (χ2n) is 7.01. The molecule has 0 aliphatic carbocycles.